The van der Waals surface area contributed by atoms with Gasteiger partial charge in [-0.15, -0.1) is 10.8 Å². The van der Waals surface area contributed by atoms with Crippen molar-refractivity contribution in [3.8, 4) is 0 Å². The van der Waals surface area contributed by atoms with Crippen LogP contribution in [0.25, 0.3) is 0 Å². The molecule has 0 aromatic heterocycles. The highest BCUT2D eigenvalue weighted by Gasteiger charge is 2.18. The van der Waals surface area contributed by atoms with Crippen LogP contribution in [-0.2, 0) is 14.0 Å². The van der Waals surface area contributed by atoms with E-state index in [0.29, 0.717) is 0 Å². The Kier molecular flexibility index (Phi) is 3.95. The van der Waals surface area contributed by atoms with Crippen molar-refractivity contribution in [1.29, 1.82) is 0 Å². The second-order valence-electron chi connectivity index (χ2n) is 1.56. The molecule has 0 aromatic carbocycles. The van der Waals surface area contributed by atoms with E-state index in [1.807, 2.05) is 0 Å². The molecule has 0 spiro atoms. The molecule has 64 valence electrons. The summed E-state index contributed by atoms with van der Waals surface area (Å²) in [6.07, 6.45) is 1.12. The fraction of sp³-hybridized carbons (Fsp3) is 0.250. The normalized spacial score (nSPS) is 15.1. The lowest BCUT2D eigenvalue weighted by Crippen LogP contribution is -2.20. The van der Waals surface area contributed by atoms with E-state index in [2.05, 4.69) is 11.2 Å². The second-order valence-corrected chi connectivity index (χ2v) is 2.65. The number of hydrogen-bond acceptors (Lipinski definition) is 3. The molecule has 0 aliphatic heterocycles. The van der Waals surface area contributed by atoms with Crippen LogP contribution in [0.1, 0.15) is 6.42 Å². The summed E-state index contributed by atoms with van der Waals surface area (Å²) >= 11 is 0. The molecule has 0 aliphatic rings. The van der Waals surface area contributed by atoms with Crippen LogP contribution in [0.5, 0.6) is 0 Å². The maximum absolute atomic E-state index is 11.6. The first-order valence-corrected chi connectivity index (χ1v) is 4.03. The summed E-state index contributed by atoms with van der Waals surface area (Å²) < 4.78 is 24.8. The van der Waals surface area contributed by atoms with Crippen molar-refractivity contribution in [2.75, 3.05) is 0 Å². The van der Waals surface area contributed by atoms with Crippen LogP contribution in [0.4, 0.5) is 4.20 Å². The lowest BCUT2D eigenvalue weighted by Gasteiger charge is -2.01. The van der Waals surface area contributed by atoms with Crippen LogP contribution in [0, 0.1) is 0 Å². The molecule has 2 N–H and O–H groups in total. The smallest absolute Gasteiger partial charge is 0.298 e. The molecular weight excluding hydrogens is 176 g/mol. The quantitative estimate of drug-likeness (QED) is 0.381. The Balaban J connectivity index is 3.63. The van der Waals surface area contributed by atoms with E-state index in [4.69, 9.17) is 4.89 Å². The van der Waals surface area contributed by atoms with Crippen molar-refractivity contribution < 1.29 is 23.1 Å². The van der Waals surface area contributed by atoms with E-state index in [9.17, 15) is 13.6 Å². The predicted octanol–water partition coefficient (Wildman–Crippen LogP) is 0.680. The summed E-state index contributed by atoms with van der Waals surface area (Å²) in [5, 5.41) is 0. The Morgan fingerprint density at radius 1 is 1.91 bits per heavy atom. The highest BCUT2D eigenvalue weighted by atomic mass is 31.2. The highest BCUT2D eigenvalue weighted by Crippen LogP contribution is 2.41. The summed E-state index contributed by atoms with van der Waals surface area (Å²) in [5.41, 5.74) is 1.43. The van der Waals surface area contributed by atoms with Crippen LogP contribution in [-0.4, -0.2) is 10.8 Å². The molecule has 11 heavy (non-hydrogen) atoms. The summed E-state index contributed by atoms with van der Waals surface area (Å²) in [4.78, 5) is 18.2. The Morgan fingerprint density at radius 3 is 2.82 bits per heavy atom. The van der Waals surface area contributed by atoms with Crippen molar-refractivity contribution in [3.63, 3.8) is 0 Å². The Bertz CT molecular complexity index is 200. The van der Waals surface area contributed by atoms with Gasteiger partial charge in [0.1, 0.15) is 0 Å². The number of rotatable bonds is 4. The molecule has 1 atom stereocenters. The molecule has 0 aliphatic carbocycles. The Hall–Kier alpha value is -0.710. The third-order valence-electron chi connectivity index (χ3n) is 0.602. The maximum atomic E-state index is 11.6. The number of carbonyl (C=O) groups excluding carboxylic acids is 1. The van der Waals surface area contributed by atoms with Crippen molar-refractivity contribution in [2.24, 2.45) is 0 Å². The van der Waals surface area contributed by atoms with Gasteiger partial charge in [0.2, 0.25) is 5.91 Å². The van der Waals surface area contributed by atoms with E-state index in [1.54, 1.807) is 0 Å². The maximum Gasteiger partial charge on any atom is 0.532 e. The minimum absolute atomic E-state index is 0.111. The van der Waals surface area contributed by atoms with Gasteiger partial charge in [-0.05, 0) is 0 Å². The topological polar surface area (TPSA) is 75.6 Å². The van der Waals surface area contributed by atoms with E-state index >= 15 is 0 Å². The summed E-state index contributed by atoms with van der Waals surface area (Å²) in [6.45, 7) is 3.20. The van der Waals surface area contributed by atoms with E-state index < -0.39 is 13.8 Å². The first-order valence-electron chi connectivity index (χ1n) is 2.56. The summed E-state index contributed by atoms with van der Waals surface area (Å²) in [7, 11) is -5.11. The zero-order valence-electron chi connectivity index (χ0n) is 5.49. The van der Waals surface area contributed by atoms with Crippen molar-refractivity contribution in [3.05, 3.63) is 12.7 Å². The number of carbonyl (C=O) groups is 1. The second kappa shape index (κ2) is 4.23. The van der Waals surface area contributed by atoms with Crippen LogP contribution >= 0.6 is 7.91 Å². The van der Waals surface area contributed by atoms with Crippen LogP contribution in [0.2, 0.25) is 0 Å². The standard InChI is InChI=1S/C4H7FNO4P/c1-2-3-4(7)6-10-11(5,8)9/h2H,1,3H2,(H,6,7)(H,8,9). The molecule has 0 rings (SSSR count). The molecule has 0 heterocycles. The molecule has 0 aromatic rings. The molecule has 5 nitrogen and oxygen atoms in total. The minimum Gasteiger partial charge on any atom is -0.298 e. The van der Waals surface area contributed by atoms with Gasteiger partial charge in [-0.3, -0.25) is 9.69 Å². The molecule has 0 fully saturated rings. The average molecular weight is 183 g/mol. The van der Waals surface area contributed by atoms with E-state index in [-0.39, 0.29) is 6.42 Å². The fourth-order valence-electron chi connectivity index (χ4n) is 0.280. The summed E-state index contributed by atoms with van der Waals surface area (Å²) in [6, 6.07) is 0. The number of nitrogens with one attached hydrogen (secondary N) is 1. The Labute approximate surface area is 62.5 Å². The van der Waals surface area contributed by atoms with Crippen molar-refractivity contribution in [1.82, 2.24) is 5.48 Å². The van der Waals surface area contributed by atoms with Crippen molar-refractivity contribution >= 4 is 13.8 Å². The van der Waals surface area contributed by atoms with E-state index in [1.165, 1.54) is 11.6 Å². The number of amides is 1. The monoisotopic (exact) mass is 183 g/mol. The van der Waals surface area contributed by atoms with Gasteiger partial charge in [-0.2, -0.15) is 4.62 Å². The largest absolute Gasteiger partial charge is 0.532 e. The third kappa shape index (κ3) is 7.18. The predicted molar refractivity (Wildman–Crippen MR) is 35.0 cm³/mol. The van der Waals surface area contributed by atoms with Gasteiger partial charge in [0.25, 0.3) is 0 Å². The average Bonchev–Trinajstić information content (AvgIpc) is 1.83. The van der Waals surface area contributed by atoms with Gasteiger partial charge in [-0.1, -0.05) is 6.08 Å². The van der Waals surface area contributed by atoms with Gasteiger partial charge in [0, 0.05) is 6.42 Å². The van der Waals surface area contributed by atoms with Gasteiger partial charge < -0.3 is 0 Å². The zero-order chi connectivity index (χ0) is 8.91. The molecule has 0 radical (unpaired) electrons. The van der Waals surface area contributed by atoms with E-state index in [0.717, 1.165) is 0 Å². The van der Waals surface area contributed by atoms with Gasteiger partial charge in [0.15, 0.2) is 0 Å². The van der Waals surface area contributed by atoms with Gasteiger partial charge >= 0.3 is 7.91 Å². The van der Waals surface area contributed by atoms with Crippen molar-refractivity contribution in [2.45, 2.75) is 6.42 Å². The molecular formula is C4H7FNO4P. The molecule has 0 saturated carbocycles. The van der Waals surface area contributed by atoms with Gasteiger partial charge in [-0.25, -0.2) is 10.0 Å². The van der Waals surface area contributed by atoms with Crippen LogP contribution < -0.4 is 5.48 Å². The number of hydrogen-bond donors (Lipinski definition) is 2. The van der Waals surface area contributed by atoms with Gasteiger partial charge in [0.05, 0.1) is 0 Å². The van der Waals surface area contributed by atoms with Crippen LogP contribution in [0.15, 0.2) is 12.7 Å². The molecule has 1 amide bonds. The third-order valence-corrected chi connectivity index (χ3v) is 0.918. The lowest BCUT2D eigenvalue weighted by molar-refractivity contribution is -0.127. The first kappa shape index (κ1) is 10.3. The lowest BCUT2D eigenvalue weighted by atomic mass is 10.4. The summed E-state index contributed by atoms with van der Waals surface area (Å²) in [5.74, 6) is -0.744. The number of halogens is 1. The van der Waals surface area contributed by atoms with Crippen LogP contribution in [0.3, 0.4) is 0 Å². The minimum atomic E-state index is -5.11. The Morgan fingerprint density at radius 2 is 2.45 bits per heavy atom. The highest BCUT2D eigenvalue weighted by molar-refractivity contribution is 7.46. The fourth-order valence-corrected chi connectivity index (χ4v) is 0.494. The molecule has 0 saturated heterocycles. The SMILES string of the molecule is C=CCC(=O)NOP(=O)(O)F. The zero-order valence-corrected chi connectivity index (χ0v) is 6.38. The molecule has 7 heteroatoms. The number of hydroxylamine groups is 1. The molecule has 0 bridgehead atoms. The molecule has 1 unspecified atom stereocenters. The first-order chi connectivity index (χ1) is 4.95.